The van der Waals surface area contributed by atoms with Crippen molar-refractivity contribution < 1.29 is 13.9 Å². The maximum absolute atomic E-state index is 12.4. The summed E-state index contributed by atoms with van der Waals surface area (Å²) in [6.07, 6.45) is 0. The van der Waals surface area contributed by atoms with Gasteiger partial charge in [0.05, 0.1) is 10.7 Å². The Kier molecular flexibility index (Phi) is 7.34. The van der Waals surface area contributed by atoms with Crippen LogP contribution in [0.5, 0.6) is 0 Å². The van der Waals surface area contributed by atoms with Gasteiger partial charge in [-0.1, -0.05) is 49.2 Å². The summed E-state index contributed by atoms with van der Waals surface area (Å²) in [6, 6.07) is 11.8. The predicted molar refractivity (Wildman–Crippen MR) is 119 cm³/mol. The highest BCUT2D eigenvalue weighted by Crippen LogP contribution is 2.34. The Hall–Kier alpha value is -2.57. The molecule has 7 heteroatoms. The normalized spacial score (nSPS) is 11.3. The van der Waals surface area contributed by atoms with Crippen LogP contribution < -0.4 is 0 Å². The standard InChI is InChI=1S/C23H28ClN3O3/c1-5-26(6-2)12-13-29-21(28)15-27-23(22(24)17(4)25-27)20-11-10-19(30-20)18-9-7-8-16(3)14-18/h7-11,14H,5-6,12-13,15H2,1-4H3. The Labute approximate surface area is 182 Å². The first kappa shape index (κ1) is 22.1. The van der Waals surface area contributed by atoms with E-state index in [1.54, 1.807) is 11.6 Å². The maximum Gasteiger partial charge on any atom is 0.327 e. The average Bonchev–Trinajstić information content (AvgIpc) is 3.30. The Morgan fingerprint density at radius 2 is 1.90 bits per heavy atom. The Bertz CT molecular complexity index is 1010. The molecule has 0 radical (unpaired) electrons. The molecule has 0 spiro atoms. The highest BCUT2D eigenvalue weighted by molar-refractivity contribution is 6.33. The van der Waals surface area contributed by atoms with E-state index >= 15 is 0 Å². The van der Waals surface area contributed by atoms with Crippen molar-refractivity contribution in [1.82, 2.24) is 14.7 Å². The van der Waals surface area contributed by atoms with E-state index in [2.05, 4.69) is 29.9 Å². The first-order valence-electron chi connectivity index (χ1n) is 10.2. The second-order valence-corrected chi connectivity index (χ2v) is 7.56. The third-order valence-corrected chi connectivity index (χ3v) is 5.49. The van der Waals surface area contributed by atoms with E-state index in [0.717, 1.165) is 30.0 Å². The molecule has 0 saturated carbocycles. The van der Waals surface area contributed by atoms with Gasteiger partial charge in [0.25, 0.3) is 0 Å². The molecular formula is C23H28ClN3O3. The van der Waals surface area contributed by atoms with Crippen LogP contribution in [0, 0.1) is 13.8 Å². The van der Waals surface area contributed by atoms with Crippen LogP contribution in [0.4, 0.5) is 0 Å². The molecule has 0 unspecified atom stereocenters. The van der Waals surface area contributed by atoms with Gasteiger partial charge in [0.1, 0.15) is 24.6 Å². The number of aryl methyl sites for hydroxylation is 2. The summed E-state index contributed by atoms with van der Waals surface area (Å²) in [6.45, 7) is 10.9. The lowest BCUT2D eigenvalue weighted by atomic mass is 10.1. The number of furan rings is 1. The molecule has 1 aromatic carbocycles. The highest BCUT2D eigenvalue weighted by Gasteiger charge is 2.21. The Morgan fingerprint density at radius 3 is 2.60 bits per heavy atom. The van der Waals surface area contributed by atoms with Crippen LogP contribution in [0.1, 0.15) is 25.1 Å². The number of ether oxygens (including phenoxy) is 1. The second kappa shape index (κ2) is 9.96. The molecule has 3 rings (SSSR count). The van der Waals surface area contributed by atoms with E-state index in [4.69, 9.17) is 20.8 Å². The minimum Gasteiger partial charge on any atom is -0.463 e. The van der Waals surface area contributed by atoms with Gasteiger partial charge in [-0.25, -0.2) is 4.68 Å². The summed E-state index contributed by atoms with van der Waals surface area (Å²) >= 11 is 6.49. The molecular weight excluding hydrogens is 402 g/mol. The highest BCUT2D eigenvalue weighted by atomic mass is 35.5. The van der Waals surface area contributed by atoms with Gasteiger partial charge in [0.2, 0.25) is 0 Å². The predicted octanol–water partition coefficient (Wildman–Crippen LogP) is 4.97. The minimum absolute atomic E-state index is 0.0262. The van der Waals surface area contributed by atoms with Gasteiger partial charge in [0, 0.05) is 12.1 Å². The van der Waals surface area contributed by atoms with Gasteiger partial charge < -0.3 is 14.1 Å². The first-order valence-corrected chi connectivity index (χ1v) is 10.6. The van der Waals surface area contributed by atoms with E-state index < -0.39 is 0 Å². The van der Waals surface area contributed by atoms with E-state index in [9.17, 15) is 4.79 Å². The first-order chi connectivity index (χ1) is 14.4. The number of carbonyl (C=O) groups is 1. The smallest absolute Gasteiger partial charge is 0.327 e. The number of carbonyl (C=O) groups excluding carboxylic acids is 1. The van der Waals surface area contributed by atoms with Crippen LogP contribution in [0.25, 0.3) is 22.8 Å². The van der Waals surface area contributed by atoms with Crippen LogP contribution in [0.2, 0.25) is 5.02 Å². The summed E-state index contributed by atoms with van der Waals surface area (Å²) < 4.78 is 13.0. The lowest BCUT2D eigenvalue weighted by Gasteiger charge is -2.17. The minimum atomic E-state index is -0.354. The van der Waals surface area contributed by atoms with Crippen LogP contribution in [-0.2, 0) is 16.1 Å². The molecule has 0 aliphatic carbocycles. The summed E-state index contributed by atoms with van der Waals surface area (Å²) in [5.74, 6) is 0.943. The van der Waals surface area contributed by atoms with Crippen molar-refractivity contribution in [2.24, 2.45) is 0 Å². The van der Waals surface area contributed by atoms with E-state index in [1.807, 2.05) is 37.3 Å². The van der Waals surface area contributed by atoms with Crippen molar-refractivity contribution in [1.29, 1.82) is 0 Å². The zero-order chi connectivity index (χ0) is 21.7. The summed E-state index contributed by atoms with van der Waals surface area (Å²) in [7, 11) is 0. The summed E-state index contributed by atoms with van der Waals surface area (Å²) in [4.78, 5) is 14.6. The molecule has 0 aliphatic rings. The SMILES string of the molecule is CCN(CC)CCOC(=O)Cn1nc(C)c(Cl)c1-c1ccc(-c2cccc(C)c2)o1. The fraction of sp³-hybridized carbons (Fsp3) is 0.391. The van der Waals surface area contributed by atoms with Crippen molar-refractivity contribution >= 4 is 17.6 Å². The fourth-order valence-corrected chi connectivity index (χ4v) is 3.55. The zero-order valence-corrected chi connectivity index (χ0v) is 18.7. The van der Waals surface area contributed by atoms with Crippen molar-refractivity contribution in [3.05, 3.63) is 52.7 Å². The van der Waals surface area contributed by atoms with Gasteiger partial charge in [-0.3, -0.25) is 4.79 Å². The van der Waals surface area contributed by atoms with E-state index in [-0.39, 0.29) is 12.5 Å². The lowest BCUT2D eigenvalue weighted by Crippen LogP contribution is -2.28. The molecule has 3 aromatic rings. The molecule has 0 aliphatic heterocycles. The third-order valence-electron chi connectivity index (χ3n) is 5.04. The van der Waals surface area contributed by atoms with Crippen molar-refractivity contribution in [2.75, 3.05) is 26.2 Å². The quantitative estimate of drug-likeness (QED) is 0.449. The molecule has 6 nitrogen and oxygen atoms in total. The summed E-state index contributed by atoms with van der Waals surface area (Å²) in [5, 5.41) is 4.88. The van der Waals surface area contributed by atoms with E-state index in [0.29, 0.717) is 35.3 Å². The zero-order valence-electron chi connectivity index (χ0n) is 17.9. The topological polar surface area (TPSA) is 60.5 Å². The van der Waals surface area contributed by atoms with Crippen LogP contribution in [0.3, 0.4) is 0 Å². The van der Waals surface area contributed by atoms with Gasteiger partial charge in [-0.05, 0) is 45.1 Å². The van der Waals surface area contributed by atoms with Crippen molar-refractivity contribution in [2.45, 2.75) is 34.2 Å². The average molecular weight is 430 g/mol. The number of hydrogen-bond acceptors (Lipinski definition) is 5. The molecule has 0 atom stereocenters. The molecule has 2 aromatic heterocycles. The third kappa shape index (κ3) is 5.12. The molecule has 0 N–H and O–H groups in total. The monoisotopic (exact) mass is 429 g/mol. The van der Waals surface area contributed by atoms with Gasteiger partial charge in [0.15, 0.2) is 5.76 Å². The number of esters is 1. The number of halogens is 1. The van der Waals surface area contributed by atoms with Gasteiger partial charge in [-0.2, -0.15) is 5.10 Å². The molecule has 160 valence electrons. The Morgan fingerprint density at radius 1 is 1.17 bits per heavy atom. The number of rotatable bonds is 9. The molecule has 0 bridgehead atoms. The number of benzene rings is 1. The van der Waals surface area contributed by atoms with Crippen LogP contribution in [-0.4, -0.2) is 46.9 Å². The van der Waals surface area contributed by atoms with Crippen LogP contribution >= 0.6 is 11.6 Å². The largest absolute Gasteiger partial charge is 0.463 e. The number of likely N-dealkylation sites (N-methyl/N-ethyl adjacent to an activating group) is 1. The van der Waals surface area contributed by atoms with Gasteiger partial charge >= 0.3 is 5.97 Å². The second-order valence-electron chi connectivity index (χ2n) is 7.19. The van der Waals surface area contributed by atoms with Gasteiger partial charge in [-0.15, -0.1) is 0 Å². The molecule has 0 amide bonds. The lowest BCUT2D eigenvalue weighted by molar-refractivity contribution is -0.144. The molecule has 2 heterocycles. The number of aromatic nitrogens is 2. The number of nitrogens with zero attached hydrogens (tertiary/aromatic N) is 3. The fourth-order valence-electron chi connectivity index (χ4n) is 3.32. The van der Waals surface area contributed by atoms with Crippen LogP contribution in [0.15, 0.2) is 40.8 Å². The maximum atomic E-state index is 12.4. The van der Waals surface area contributed by atoms with E-state index in [1.165, 1.54) is 0 Å². The molecule has 0 fully saturated rings. The number of hydrogen-bond donors (Lipinski definition) is 0. The van der Waals surface area contributed by atoms with Crippen molar-refractivity contribution in [3.8, 4) is 22.8 Å². The molecule has 30 heavy (non-hydrogen) atoms. The van der Waals surface area contributed by atoms with Crippen molar-refractivity contribution in [3.63, 3.8) is 0 Å². The molecule has 0 saturated heterocycles. The Balaban J connectivity index is 1.76. The summed E-state index contributed by atoms with van der Waals surface area (Å²) in [5.41, 5.74) is 3.35.